The normalized spacial score (nSPS) is 12.4. The number of H-pyrrole nitrogens is 1. The minimum Gasteiger partial charge on any atom is -0.361 e. The Kier molecular flexibility index (Phi) is 3.40. The molecule has 0 aliphatic carbocycles. The molecule has 0 saturated heterocycles. The van der Waals surface area contributed by atoms with Crippen LogP contribution in [-0.4, -0.2) is 39.9 Å². The molecule has 1 N–H and O–H groups in total. The van der Waals surface area contributed by atoms with E-state index in [0.717, 1.165) is 19.6 Å². The summed E-state index contributed by atoms with van der Waals surface area (Å²) in [5.41, 5.74) is 3.99. The van der Waals surface area contributed by atoms with E-state index in [9.17, 15) is 0 Å². The molecule has 1 aliphatic heterocycles. The number of benzene rings is 1. The number of aromatic nitrogens is 3. The first-order chi connectivity index (χ1) is 9.63. The number of aromatic amines is 1. The molecular weight excluding hydrogens is 248 g/mol. The molecule has 2 aromatic heterocycles. The third-order valence-corrected chi connectivity index (χ3v) is 3.70. The van der Waals surface area contributed by atoms with Crippen LogP contribution in [0, 0.1) is 6.92 Å². The van der Waals surface area contributed by atoms with Gasteiger partial charge in [-0.15, -0.1) is 0 Å². The summed E-state index contributed by atoms with van der Waals surface area (Å²) >= 11 is 0. The molecule has 0 unspecified atom stereocenters. The minimum atomic E-state index is 1.10. The number of nitrogens with one attached hydrogen (secondary N) is 1. The first-order valence-electron chi connectivity index (χ1n) is 7.06. The summed E-state index contributed by atoms with van der Waals surface area (Å²) in [6.45, 7) is 4.38. The third kappa shape index (κ3) is 2.80. The Balaban J connectivity index is 0.000000198. The van der Waals surface area contributed by atoms with E-state index < -0.39 is 0 Å². The Labute approximate surface area is 119 Å². The van der Waals surface area contributed by atoms with Crippen LogP contribution in [0.15, 0.2) is 36.8 Å². The highest BCUT2D eigenvalue weighted by Crippen LogP contribution is 2.20. The van der Waals surface area contributed by atoms with Gasteiger partial charge in [-0.3, -0.25) is 9.36 Å². The van der Waals surface area contributed by atoms with E-state index in [1.54, 1.807) is 0 Å². The molecule has 4 rings (SSSR count). The average molecular weight is 270 g/mol. The number of hydrogen-bond acceptors (Lipinski definition) is 1. The largest absolute Gasteiger partial charge is 0.361 e. The molecule has 0 saturated carbocycles. The Bertz CT molecular complexity index is 683. The van der Waals surface area contributed by atoms with Crippen molar-refractivity contribution in [3.8, 4) is 0 Å². The van der Waals surface area contributed by atoms with Crippen LogP contribution in [0.4, 0.5) is 0 Å². The SMILES string of the molecule is Cc1ccc2[nH]cc(CCN(C)C)c2c1.c1cn2n1C2. The molecule has 3 heterocycles. The standard InChI is InChI=1S/C13H18N2.C3H4N2/c1-10-4-5-13-12(8-10)11(9-14-13)6-7-15(2)3;1-2-5-3-4(1)5/h4-5,8-9,14H,6-7H2,1-3H3;1-2H,3H2. The average Bonchev–Trinajstić information content (AvgIpc) is 2.83. The van der Waals surface area contributed by atoms with E-state index in [1.807, 2.05) is 0 Å². The fraction of sp³-hybridized carbons (Fsp3) is 0.375. The van der Waals surface area contributed by atoms with Crippen LogP contribution in [0.1, 0.15) is 11.1 Å². The quantitative estimate of drug-likeness (QED) is 0.609. The number of aryl methyl sites for hydroxylation is 1. The molecule has 0 fully saturated rings. The summed E-state index contributed by atoms with van der Waals surface area (Å²) in [5, 5.41) is 1.37. The Morgan fingerprint density at radius 1 is 1.20 bits per heavy atom. The number of nitrogens with zero attached hydrogens (tertiary/aromatic N) is 3. The lowest BCUT2D eigenvalue weighted by molar-refractivity contribution is 0.414. The van der Waals surface area contributed by atoms with E-state index >= 15 is 0 Å². The summed E-state index contributed by atoms with van der Waals surface area (Å²) in [4.78, 5) is 5.54. The van der Waals surface area contributed by atoms with Gasteiger partial charge in [0.25, 0.3) is 0 Å². The lowest BCUT2D eigenvalue weighted by Crippen LogP contribution is -2.14. The van der Waals surface area contributed by atoms with E-state index in [-0.39, 0.29) is 0 Å². The highest BCUT2D eigenvalue weighted by Gasteiger charge is 2.10. The summed E-state index contributed by atoms with van der Waals surface area (Å²) in [5.74, 6) is 0. The van der Waals surface area contributed by atoms with Crippen molar-refractivity contribution < 1.29 is 0 Å². The highest BCUT2D eigenvalue weighted by atomic mass is 15.6. The molecule has 0 amide bonds. The van der Waals surface area contributed by atoms with E-state index in [4.69, 9.17) is 0 Å². The van der Waals surface area contributed by atoms with Crippen LogP contribution in [-0.2, 0) is 13.1 Å². The van der Waals surface area contributed by atoms with Crippen molar-refractivity contribution in [3.63, 3.8) is 0 Å². The summed E-state index contributed by atoms with van der Waals surface area (Å²) < 4.78 is 4.25. The monoisotopic (exact) mass is 270 g/mol. The van der Waals surface area contributed by atoms with Gasteiger partial charge in [-0.1, -0.05) is 11.6 Å². The molecule has 0 atom stereocenters. The van der Waals surface area contributed by atoms with Gasteiger partial charge in [0, 0.05) is 36.0 Å². The zero-order chi connectivity index (χ0) is 14.1. The molecule has 4 heteroatoms. The number of hydrogen-bond donors (Lipinski definition) is 1. The molecule has 0 bridgehead atoms. The van der Waals surface area contributed by atoms with Gasteiger partial charge in [-0.25, -0.2) is 0 Å². The predicted octanol–water partition coefficient (Wildman–Crippen LogP) is 2.69. The lowest BCUT2D eigenvalue weighted by Gasteiger charge is -2.08. The molecule has 0 radical (unpaired) electrons. The van der Waals surface area contributed by atoms with Crippen molar-refractivity contribution in [2.75, 3.05) is 20.6 Å². The van der Waals surface area contributed by atoms with E-state index in [1.165, 1.54) is 22.0 Å². The molecule has 3 aromatic rings. The van der Waals surface area contributed by atoms with Crippen molar-refractivity contribution in [2.45, 2.75) is 20.0 Å². The second-order valence-corrected chi connectivity index (χ2v) is 5.73. The number of rotatable bonds is 3. The first-order valence-corrected chi connectivity index (χ1v) is 7.06. The highest BCUT2D eigenvalue weighted by molar-refractivity contribution is 5.83. The Morgan fingerprint density at radius 3 is 2.50 bits per heavy atom. The maximum atomic E-state index is 3.32. The lowest BCUT2D eigenvalue weighted by atomic mass is 10.1. The van der Waals surface area contributed by atoms with Gasteiger partial charge in [-0.05, 0) is 45.1 Å². The smallest absolute Gasteiger partial charge is 0.129 e. The Morgan fingerprint density at radius 2 is 1.95 bits per heavy atom. The van der Waals surface area contributed by atoms with Crippen LogP contribution in [0.2, 0.25) is 0 Å². The summed E-state index contributed by atoms with van der Waals surface area (Å²) in [6, 6.07) is 6.56. The van der Waals surface area contributed by atoms with Crippen LogP contribution in [0.3, 0.4) is 0 Å². The van der Waals surface area contributed by atoms with Crippen LogP contribution in [0.5, 0.6) is 0 Å². The summed E-state index contributed by atoms with van der Waals surface area (Å²) in [7, 11) is 4.22. The summed E-state index contributed by atoms with van der Waals surface area (Å²) in [6.07, 6.45) is 7.35. The number of fused-ring (bicyclic) bond motifs is 2. The molecule has 1 aliphatic rings. The van der Waals surface area contributed by atoms with Crippen molar-refractivity contribution in [1.82, 2.24) is 19.2 Å². The van der Waals surface area contributed by atoms with Crippen LogP contribution < -0.4 is 0 Å². The second kappa shape index (κ2) is 5.21. The molecule has 20 heavy (non-hydrogen) atoms. The van der Waals surface area contributed by atoms with Crippen molar-refractivity contribution in [3.05, 3.63) is 47.9 Å². The topological polar surface area (TPSA) is 28.9 Å². The molecule has 0 spiro atoms. The molecule has 1 aromatic carbocycles. The van der Waals surface area contributed by atoms with Gasteiger partial charge >= 0.3 is 0 Å². The maximum absolute atomic E-state index is 3.32. The van der Waals surface area contributed by atoms with Gasteiger partial charge in [0.1, 0.15) is 6.67 Å². The van der Waals surface area contributed by atoms with Gasteiger partial charge in [0.2, 0.25) is 0 Å². The fourth-order valence-corrected chi connectivity index (χ4v) is 2.31. The van der Waals surface area contributed by atoms with Crippen LogP contribution >= 0.6 is 0 Å². The van der Waals surface area contributed by atoms with Crippen molar-refractivity contribution in [2.24, 2.45) is 0 Å². The molecular formula is C16H22N4. The zero-order valence-electron chi connectivity index (χ0n) is 12.4. The van der Waals surface area contributed by atoms with Crippen molar-refractivity contribution in [1.29, 1.82) is 0 Å². The predicted molar refractivity (Wildman–Crippen MR) is 83.1 cm³/mol. The second-order valence-electron chi connectivity index (χ2n) is 5.73. The minimum absolute atomic E-state index is 1.10. The zero-order valence-corrected chi connectivity index (χ0v) is 12.4. The van der Waals surface area contributed by atoms with Gasteiger partial charge < -0.3 is 9.88 Å². The van der Waals surface area contributed by atoms with Crippen molar-refractivity contribution >= 4 is 10.9 Å². The number of likely N-dealkylation sites (N-methyl/N-ethyl adjacent to an activating group) is 1. The van der Waals surface area contributed by atoms with E-state index in [0.29, 0.717) is 0 Å². The van der Waals surface area contributed by atoms with Gasteiger partial charge in [0.15, 0.2) is 0 Å². The third-order valence-electron chi connectivity index (χ3n) is 3.70. The molecule has 4 nitrogen and oxygen atoms in total. The fourth-order valence-electron chi connectivity index (χ4n) is 2.31. The molecule has 106 valence electrons. The van der Waals surface area contributed by atoms with E-state index in [2.05, 4.69) is 77.1 Å². The first kappa shape index (κ1) is 13.1. The van der Waals surface area contributed by atoms with Crippen LogP contribution in [0.25, 0.3) is 10.9 Å². The maximum Gasteiger partial charge on any atom is 0.129 e. The van der Waals surface area contributed by atoms with Gasteiger partial charge in [-0.2, -0.15) is 0 Å². The Hall–Kier alpha value is -1.94. The van der Waals surface area contributed by atoms with Gasteiger partial charge in [0.05, 0.1) is 0 Å².